The number of benzene rings is 1. The summed E-state index contributed by atoms with van der Waals surface area (Å²) >= 11 is 0. The summed E-state index contributed by atoms with van der Waals surface area (Å²) in [5.41, 5.74) is 0.417. The molecule has 0 aliphatic carbocycles. The van der Waals surface area contributed by atoms with E-state index in [1.807, 2.05) is 0 Å². The summed E-state index contributed by atoms with van der Waals surface area (Å²) in [6, 6.07) is 4.61. The fraction of sp³-hybridized carbons (Fsp3) is 0.231. The van der Waals surface area contributed by atoms with Crippen LogP contribution in [0, 0.1) is 0 Å². The number of aryl methyl sites for hydroxylation is 1. The van der Waals surface area contributed by atoms with E-state index in [1.165, 1.54) is 18.3 Å². The SMILES string of the molecule is O=C(O)CCc1cnc(-c2ccc(C(F)(F)F)cc2)[nH]1. The smallest absolute Gasteiger partial charge is 0.416 e. The highest BCUT2D eigenvalue weighted by atomic mass is 19.4. The van der Waals surface area contributed by atoms with Gasteiger partial charge in [0.2, 0.25) is 0 Å². The highest BCUT2D eigenvalue weighted by Gasteiger charge is 2.30. The maximum Gasteiger partial charge on any atom is 0.416 e. The van der Waals surface area contributed by atoms with Crippen LogP contribution < -0.4 is 0 Å². The number of halogens is 3. The molecule has 0 fully saturated rings. The van der Waals surface area contributed by atoms with Crippen molar-refractivity contribution in [3.05, 3.63) is 41.7 Å². The summed E-state index contributed by atoms with van der Waals surface area (Å²) < 4.78 is 37.3. The quantitative estimate of drug-likeness (QED) is 0.906. The number of aromatic amines is 1. The molecule has 0 aliphatic heterocycles. The van der Waals surface area contributed by atoms with Crippen molar-refractivity contribution in [2.75, 3.05) is 0 Å². The molecule has 0 spiro atoms. The number of aromatic nitrogens is 2. The predicted octanol–water partition coefficient (Wildman–Crippen LogP) is 3.11. The third kappa shape index (κ3) is 3.37. The number of nitrogens with zero attached hydrogens (tertiary/aromatic N) is 1. The van der Waals surface area contributed by atoms with E-state index in [0.29, 0.717) is 23.5 Å². The lowest BCUT2D eigenvalue weighted by Crippen LogP contribution is -2.04. The lowest BCUT2D eigenvalue weighted by Gasteiger charge is -2.06. The molecule has 2 N–H and O–H groups in total. The molecule has 0 atom stereocenters. The van der Waals surface area contributed by atoms with Gasteiger partial charge in [-0.3, -0.25) is 4.79 Å². The van der Waals surface area contributed by atoms with Crippen molar-refractivity contribution >= 4 is 5.97 Å². The van der Waals surface area contributed by atoms with Crippen molar-refractivity contribution in [3.8, 4) is 11.4 Å². The first-order chi connectivity index (χ1) is 9.36. The fourth-order valence-electron chi connectivity index (χ4n) is 1.69. The monoisotopic (exact) mass is 284 g/mol. The molecule has 2 aromatic rings. The number of hydrogen-bond acceptors (Lipinski definition) is 2. The van der Waals surface area contributed by atoms with E-state index in [0.717, 1.165) is 12.1 Å². The second-order valence-electron chi connectivity index (χ2n) is 4.23. The van der Waals surface area contributed by atoms with Crippen molar-refractivity contribution in [2.45, 2.75) is 19.0 Å². The molecule has 0 bridgehead atoms. The molecule has 4 nitrogen and oxygen atoms in total. The summed E-state index contributed by atoms with van der Waals surface area (Å²) in [5, 5.41) is 8.56. The van der Waals surface area contributed by atoms with E-state index in [9.17, 15) is 18.0 Å². The zero-order valence-electron chi connectivity index (χ0n) is 10.2. The summed E-state index contributed by atoms with van der Waals surface area (Å²) in [4.78, 5) is 17.4. The fourth-order valence-corrected chi connectivity index (χ4v) is 1.69. The summed E-state index contributed by atoms with van der Waals surface area (Å²) in [6.45, 7) is 0. The van der Waals surface area contributed by atoms with Gasteiger partial charge in [-0.25, -0.2) is 4.98 Å². The van der Waals surface area contributed by atoms with Crippen molar-refractivity contribution in [3.63, 3.8) is 0 Å². The second-order valence-corrected chi connectivity index (χ2v) is 4.23. The Labute approximate surface area is 112 Å². The van der Waals surface area contributed by atoms with Gasteiger partial charge >= 0.3 is 12.1 Å². The van der Waals surface area contributed by atoms with Gasteiger partial charge in [0, 0.05) is 17.5 Å². The number of H-pyrrole nitrogens is 1. The van der Waals surface area contributed by atoms with Crippen LogP contribution in [0.5, 0.6) is 0 Å². The van der Waals surface area contributed by atoms with Crippen molar-refractivity contribution in [1.82, 2.24) is 9.97 Å². The summed E-state index contributed by atoms with van der Waals surface area (Å²) in [5.74, 6) is -0.505. The first-order valence-corrected chi connectivity index (χ1v) is 5.79. The molecule has 2 rings (SSSR count). The van der Waals surface area contributed by atoms with E-state index in [2.05, 4.69) is 9.97 Å². The van der Waals surface area contributed by atoms with Crippen LogP contribution in [0.2, 0.25) is 0 Å². The Hall–Kier alpha value is -2.31. The molecular weight excluding hydrogens is 273 g/mol. The number of carbonyl (C=O) groups is 1. The van der Waals surface area contributed by atoms with Gasteiger partial charge in [-0.05, 0) is 18.6 Å². The molecule has 106 valence electrons. The van der Waals surface area contributed by atoms with Crippen molar-refractivity contribution < 1.29 is 23.1 Å². The molecule has 20 heavy (non-hydrogen) atoms. The second kappa shape index (κ2) is 5.36. The Morgan fingerprint density at radius 1 is 1.25 bits per heavy atom. The molecule has 1 aromatic carbocycles. The predicted molar refractivity (Wildman–Crippen MR) is 65.0 cm³/mol. The number of carboxylic acids is 1. The number of rotatable bonds is 4. The minimum absolute atomic E-state index is 0.0331. The van der Waals surface area contributed by atoms with Crippen LogP contribution >= 0.6 is 0 Å². The van der Waals surface area contributed by atoms with Crippen molar-refractivity contribution in [2.24, 2.45) is 0 Å². The highest BCUT2D eigenvalue weighted by molar-refractivity contribution is 5.67. The average molecular weight is 284 g/mol. The van der Waals surface area contributed by atoms with Gasteiger partial charge < -0.3 is 10.1 Å². The van der Waals surface area contributed by atoms with Gasteiger partial charge in [0.15, 0.2) is 0 Å². The molecule has 0 saturated carbocycles. The molecule has 7 heteroatoms. The van der Waals surface area contributed by atoms with E-state index < -0.39 is 17.7 Å². The van der Waals surface area contributed by atoms with Gasteiger partial charge in [-0.15, -0.1) is 0 Å². The van der Waals surface area contributed by atoms with Crippen LogP contribution in [0.4, 0.5) is 13.2 Å². The lowest BCUT2D eigenvalue weighted by molar-refractivity contribution is -0.138. The number of alkyl halides is 3. The largest absolute Gasteiger partial charge is 0.481 e. The average Bonchev–Trinajstić information content (AvgIpc) is 2.84. The number of imidazole rings is 1. The number of carboxylic acid groups (broad SMARTS) is 1. The molecule has 0 amide bonds. The van der Waals surface area contributed by atoms with E-state index in [-0.39, 0.29) is 6.42 Å². The highest BCUT2D eigenvalue weighted by Crippen LogP contribution is 2.30. The Morgan fingerprint density at radius 3 is 2.45 bits per heavy atom. The third-order valence-corrected chi connectivity index (χ3v) is 2.72. The molecule has 0 radical (unpaired) electrons. The van der Waals surface area contributed by atoms with Crippen LogP contribution in [0.3, 0.4) is 0 Å². The Kier molecular flexibility index (Phi) is 3.78. The Bertz CT molecular complexity index is 603. The van der Waals surface area contributed by atoms with Gasteiger partial charge in [-0.1, -0.05) is 12.1 Å². The minimum atomic E-state index is -4.37. The van der Waals surface area contributed by atoms with Crippen LogP contribution in [-0.4, -0.2) is 21.0 Å². The van der Waals surface area contributed by atoms with Crippen LogP contribution in [0.1, 0.15) is 17.7 Å². The number of hydrogen-bond donors (Lipinski definition) is 2. The number of nitrogens with one attached hydrogen (secondary N) is 1. The van der Waals surface area contributed by atoms with Gasteiger partial charge in [0.05, 0.1) is 12.0 Å². The molecular formula is C13H11F3N2O2. The van der Waals surface area contributed by atoms with Gasteiger partial charge in [0.25, 0.3) is 0 Å². The van der Waals surface area contributed by atoms with E-state index >= 15 is 0 Å². The summed E-state index contributed by atoms with van der Waals surface area (Å²) in [7, 11) is 0. The number of aliphatic carboxylic acids is 1. The van der Waals surface area contributed by atoms with Crippen LogP contribution in [0.15, 0.2) is 30.5 Å². The zero-order valence-corrected chi connectivity index (χ0v) is 10.2. The maximum absolute atomic E-state index is 12.4. The summed E-state index contributed by atoms with van der Waals surface area (Å²) in [6.07, 6.45) is -2.62. The normalized spacial score (nSPS) is 11.6. The van der Waals surface area contributed by atoms with E-state index in [4.69, 9.17) is 5.11 Å². The van der Waals surface area contributed by atoms with Gasteiger partial charge in [-0.2, -0.15) is 13.2 Å². The van der Waals surface area contributed by atoms with Gasteiger partial charge in [0.1, 0.15) is 5.82 Å². The molecule has 1 aromatic heterocycles. The zero-order chi connectivity index (χ0) is 14.8. The molecule has 1 heterocycles. The Balaban J connectivity index is 2.14. The van der Waals surface area contributed by atoms with Crippen LogP contribution in [0.25, 0.3) is 11.4 Å². The Morgan fingerprint density at radius 2 is 1.90 bits per heavy atom. The molecule has 0 saturated heterocycles. The lowest BCUT2D eigenvalue weighted by atomic mass is 10.1. The maximum atomic E-state index is 12.4. The third-order valence-electron chi connectivity index (χ3n) is 2.72. The molecule has 0 aliphatic rings. The molecule has 0 unspecified atom stereocenters. The first-order valence-electron chi connectivity index (χ1n) is 5.79. The minimum Gasteiger partial charge on any atom is -0.481 e. The topological polar surface area (TPSA) is 66.0 Å². The van der Waals surface area contributed by atoms with Crippen LogP contribution in [-0.2, 0) is 17.4 Å². The first kappa shape index (κ1) is 14.1. The van der Waals surface area contributed by atoms with E-state index in [1.54, 1.807) is 0 Å². The van der Waals surface area contributed by atoms with Crippen molar-refractivity contribution in [1.29, 1.82) is 0 Å². The standard InChI is InChI=1S/C13H11F3N2O2/c14-13(15,16)9-3-1-8(2-4-9)12-17-7-10(18-12)5-6-11(19)20/h1-4,7H,5-6H2,(H,17,18)(H,19,20).